The number of carbonyl (C=O) groups excluding carboxylic acids is 1. The molecule has 2 aromatic carbocycles. The van der Waals surface area contributed by atoms with Crippen molar-refractivity contribution in [2.24, 2.45) is 5.92 Å². The van der Waals surface area contributed by atoms with E-state index in [0.29, 0.717) is 43.8 Å². The summed E-state index contributed by atoms with van der Waals surface area (Å²) < 4.78 is 36.3. The van der Waals surface area contributed by atoms with Gasteiger partial charge in [-0.2, -0.15) is 0 Å². The van der Waals surface area contributed by atoms with Gasteiger partial charge in [-0.25, -0.2) is 9.18 Å². The largest absolute Gasteiger partial charge is 0.491 e. The molecule has 5 rings (SSSR count). The summed E-state index contributed by atoms with van der Waals surface area (Å²) in [5.41, 5.74) is 0. The number of likely N-dealkylation sites (tertiary alicyclic amines) is 1. The van der Waals surface area contributed by atoms with Crippen molar-refractivity contribution >= 4 is 6.09 Å². The molecule has 0 spiro atoms. The number of para-hydroxylation sites is 1. The number of carbonyl (C=O) groups is 1. The molecule has 2 fully saturated rings. The Labute approximate surface area is 199 Å². The molecule has 8 heteroatoms. The quantitative estimate of drug-likeness (QED) is 0.582. The van der Waals surface area contributed by atoms with E-state index in [1.165, 1.54) is 12.1 Å². The van der Waals surface area contributed by atoms with Crippen molar-refractivity contribution in [3.8, 4) is 17.2 Å². The molecule has 7 nitrogen and oxygen atoms in total. The van der Waals surface area contributed by atoms with Gasteiger partial charge >= 0.3 is 6.09 Å². The summed E-state index contributed by atoms with van der Waals surface area (Å²) in [5, 5.41) is 0. The Morgan fingerprint density at radius 2 is 1.82 bits per heavy atom. The number of ether oxygens (including phenoxy) is 4. The van der Waals surface area contributed by atoms with Crippen molar-refractivity contribution in [3.05, 3.63) is 54.3 Å². The van der Waals surface area contributed by atoms with Gasteiger partial charge in [0, 0.05) is 19.2 Å². The second-order valence-corrected chi connectivity index (χ2v) is 9.22. The number of hydrogen-bond acceptors (Lipinski definition) is 6. The standard InChI is InChI=1S/C26H31FN2O5/c27-20-6-7-24-25(14-20)34-23(18-32-24)15-28-11-8-19(9-12-28)10-13-29-21(17-33-26(29)30)16-31-22-4-2-1-3-5-22/h1-7,14,19,21,23H,8-13,15-18H2. The van der Waals surface area contributed by atoms with Crippen LogP contribution in [0.1, 0.15) is 19.3 Å². The zero-order valence-electron chi connectivity index (χ0n) is 19.2. The van der Waals surface area contributed by atoms with Crippen molar-refractivity contribution in [1.82, 2.24) is 9.80 Å². The average molecular weight is 471 g/mol. The first kappa shape index (κ1) is 22.8. The Hall–Kier alpha value is -3.00. The SMILES string of the molecule is O=C1OCC(COc2ccccc2)N1CCC1CCN(CC2COc3ccc(F)cc3O2)CC1. The molecule has 34 heavy (non-hydrogen) atoms. The first-order chi connectivity index (χ1) is 16.6. The smallest absolute Gasteiger partial charge is 0.410 e. The number of hydrogen-bond donors (Lipinski definition) is 0. The normalized spacial score (nSPS) is 23.1. The van der Waals surface area contributed by atoms with Gasteiger partial charge in [0.05, 0.1) is 0 Å². The lowest BCUT2D eigenvalue weighted by molar-refractivity contribution is 0.0461. The van der Waals surface area contributed by atoms with Crippen molar-refractivity contribution in [2.45, 2.75) is 31.4 Å². The second-order valence-electron chi connectivity index (χ2n) is 9.22. The number of rotatable bonds is 8. The molecule has 0 aromatic heterocycles. The minimum atomic E-state index is -0.320. The molecule has 2 unspecified atom stereocenters. The van der Waals surface area contributed by atoms with Crippen LogP contribution in [0.5, 0.6) is 17.2 Å². The molecular formula is C26H31FN2O5. The van der Waals surface area contributed by atoms with Gasteiger partial charge in [0.15, 0.2) is 11.5 Å². The molecular weight excluding hydrogens is 439 g/mol. The summed E-state index contributed by atoms with van der Waals surface area (Å²) in [5.74, 6) is 2.13. The van der Waals surface area contributed by atoms with Crippen LogP contribution < -0.4 is 14.2 Å². The number of piperidine rings is 1. The number of fused-ring (bicyclic) bond motifs is 1. The van der Waals surface area contributed by atoms with E-state index in [1.54, 1.807) is 6.07 Å². The van der Waals surface area contributed by atoms with Crippen molar-refractivity contribution in [1.29, 1.82) is 0 Å². The Bertz CT molecular complexity index is 967. The maximum atomic E-state index is 13.5. The monoisotopic (exact) mass is 470 g/mol. The first-order valence-electron chi connectivity index (χ1n) is 12.1. The lowest BCUT2D eigenvalue weighted by Crippen LogP contribution is -2.44. The highest BCUT2D eigenvalue weighted by atomic mass is 19.1. The van der Waals surface area contributed by atoms with Crippen molar-refractivity contribution in [3.63, 3.8) is 0 Å². The Morgan fingerprint density at radius 1 is 1.00 bits per heavy atom. The molecule has 0 bridgehead atoms. The number of amides is 1. The molecule has 1 amide bonds. The fraction of sp³-hybridized carbons (Fsp3) is 0.500. The van der Waals surface area contributed by atoms with Crippen LogP contribution in [0.25, 0.3) is 0 Å². The third-order valence-electron chi connectivity index (χ3n) is 6.83. The van der Waals surface area contributed by atoms with E-state index in [-0.39, 0.29) is 24.1 Å². The van der Waals surface area contributed by atoms with E-state index < -0.39 is 0 Å². The molecule has 0 aliphatic carbocycles. The zero-order valence-corrected chi connectivity index (χ0v) is 19.2. The molecule has 182 valence electrons. The summed E-state index contributed by atoms with van der Waals surface area (Å²) in [7, 11) is 0. The number of benzene rings is 2. The number of nitrogens with zero attached hydrogens (tertiary/aromatic N) is 2. The molecule has 0 N–H and O–H groups in total. The lowest BCUT2D eigenvalue weighted by atomic mass is 9.93. The topological polar surface area (TPSA) is 60.5 Å². The van der Waals surface area contributed by atoms with Crippen molar-refractivity contribution in [2.75, 3.05) is 46.0 Å². The third-order valence-corrected chi connectivity index (χ3v) is 6.83. The fourth-order valence-electron chi connectivity index (χ4n) is 4.86. The summed E-state index contributed by atoms with van der Waals surface area (Å²) in [6.45, 7) is 4.69. The number of cyclic esters (lactones) is 1. The van der Waals surface area contributed by atoms with Gasteiger partial charge in [-0.15, -0.1) is 0 Å². The maximum Gasteiger partial charge on any atom is 0.410 e. The van der Waals surface area contributed by atoms with Crippen LogP contribution in [-0.2, 0) is 4.74 Å². The minimum absolute atomic E-state index is 0.0519. The van der Waals surface area contributed by atoms with Crippen LogP contribution in [0, 0.1) is 11.7 Å². The third kappa shape index (κ3) is 5.55. The molecule has 2 atom stereocenters. The Morgan fingerprint density at radius 3 is 2.65 bits per heavy atom. The molecule has 3 aliphatic rings. The fourth-order valence-corrected chi connectivity index (χ4v) is 4.86. The first-order valence-corrected chi connectivity index (χ1v) is 12.1. The van der Waals surface area contributed by atoms with Crippen LogP contribution >= 0.6 is 0 Å². The molecule has 3 heterocycles. The molecule has 0 radical (unpaired) electrons. The summed E-state index contributed by atoms with van der Waals surface area (Å²) in [6, 6.07) is 14.0. The van der Waals surface area contributed by atoms with Gasteiger partial charge in [0.25, 0.3) is 0 Å². The van der Waals surface area contributed by atoms with E-state index in [1.807, 2.05) is 35.2 Å². The summed E-state index contributed by atoms with van der Waals surface area (Å²) in [4.78, 5) is 16.4. The van der Waals surface area contributed by atoms with E-state index in [9.17, 15) is 9.18 Å². The predicted octanol–water partition coefficient (Wildman–Crippen LogP) is 3.97. The predicted molar refractivity (Wildman–Crippen MR) is 124 cm³/mol. The van der Waals surface area contributed by atoms with E-state index in [2.05, 4.69) is 4.90 Å². The molecule has 0 saturated carbocycles. The Kier molecular flexibility index (Phi) is 7.04. The van der Waals surface area contributed by atoms with E-state index in [0.717, 1.165) is 44.6 Å². The van der Waals surface area contributed by atoms with Crippen LogP contribution in [0.15, 0.2) is 48.5 Å². The summed E-state index contributed by atoms with van der Waals surface area (Å²) in [6.07, 6.45) is 2.76. The molecule has 2 saturated heterocycles. The highest BCUT2D eigenvalue weighted by Crippen LogP contribution is 2.32. The zero-order chi connectivity index (χ0) is 23.3. The highest BCUT2D eigenvalue weighted by molar-refractivity contribution is 5.70. The second kappa shape index (κ2) is 10.5. The van der Waals surface area contributed by atoms with Crippen LogP contribution in [0.2, 0.25) is 0 Å². The van der Waals surface area contributed by atoms with Crippen LogP contribution in [0.3, 0.4) is 0 Å². The molecule has 3 aliphatic heterocycles. The minimum Gasteiger partial charge on any atom is -0.491 e. The summed E-state index contributed by atoms with van der Waals surface area (Å²) >= 11 is 0. The van der Waals surface area contributed by atoms with Crippen molar-refractivity contribution < 1.29 is 28.1 Å². The van der Waals surface area contributed by atoms with Gasteiger partial charge in [-0.1, -0.05) is 18.2 Å². The van der Waals surface area contributed by atoms with Gasteiger partial charge in [0.2, 0.25) is 0 Å². The molecule has 2 aromatic rings. The average Bonchev–Trinajstić information content (AvgIpc) is 3.22. The van der Waals surface area contributed by atoms with Crippen LogP contribution in [-0.4, -0.2) is 74.0 Å². The van der Waals surface area contributed by atoms with Gasteiger partial charge in [-0.3, -0.25) is 9.80 Å². The van der Waals surface area contributed by atoms with Gasteiger partial charge < -0.3 is 18.9 Å². The highest BCUT2D eigenvalue weighted by Gasteiger charge is 2.34. The van der Waals surface area contributed by atoms with Gasteiger partial charge in [-0.05, 0) is 62.5 Å². The van der Waals surface area contributed by atoms with E-state index in [4.69, 9.17) is 18.9 Å². The van der Waals surface area contributed by atoms with E-state index >= 15 is 0 Å². The van der Waals surface area contributed by atoms with Crippen LogP contribution in [0.4, 0.5) is 9.18 Å². The van der Waals surface area contributed by atoms with Gasteiger partial charge in [0.1, 0.15) is 43.5 Å². The Balaban J connectivity index is 1.04. The maximum absolute atomic E-state index is 13.5. The lowest BCUT2D eigenvalue weighted by Gasteiger charge is -2.36. The number of halogens is 1.